The molecule has 0 spiro atoms. The van der Waals surface area contributed by atoms with Gasteiger partial charge in [-0.1, -0.05) is 17.7 Å². The zero-order valence-electron chi connectivity index (χ0n) is 10.4. The first-order chi connectivity index (χ1) is 9.24. The number of amides is 1. The summed E-state index contributed by atoms with van der Waals surface area (Å²) in [5.74, 6) is -0.179. The largest absolute Gasteiger partial charge is 0.321 e. The quantitative estimate of drug-likeness (QED) is 0.884. The summed E-state index contributed by atoms with van der Waals surface area (Å²) in [4.78, 5) is 12.2. The lowest BCUT2D eigenvalue weighted by molar-refractivity contribution is 0.102. The summed E-state index contributed by atoms with van der Waals surface area (Å²) < 4.78 is 0. The van der Waals surface area contributed by atoms with Crippen LogP contribution in [0.3, 0.4) is 0 Å². The fraction of sp³-hybridized carbons (Fsp3) is 0.286. The zero-order chi connectivity index (χ0) is 13.2. The number of fused-ring (bicyclic) bond motifs is 1. The van der Waals surface area contributed by atoms with Crippen molar-refractivity contribution in [2.45, 2.75) is 25.7 Å². The number of halogens is 1. The lowest BCUT2D eigenvalue weighted by Crippen LogP contribution is -2.15. The molecule has 3 rings (SSSR count). The molecule has 98 valence electrons. The predicted molar refractivity (Wildman–Crippen MR) is 74.6 cm³/mol. The third-order valence-corrected chi connectivity index (χ3v) is 3.59. The number of rotatable bonds is 2. The summed E-state index contributed by atoms with van der Waals surface area (Å²) in [6.07, 6.45) is 4.17. The van der Waals surface area contributed by atoms with E-state index < -0.39 is 0 Å². The first-order valence-electron chi connectivity index (χ1n) is 6.37. The Bertz CT molecular complexity index is 621. The molecule has 1 aliphatic rings. The second-order valence-corrected chi connectivity index (χ2v) is 5.14. The SMILES string of the molecule is O=C(Nc1cccc(Cl)c1)c1n[nH]c2c1CCCC2. The number of carbonyl (C=O) groups excluding carboxylic acids is 1. The molecule has 0 radical (unpaired) electrons. The van der Waals surface area contributed by atoms with Crippen molar-refractivity contribution in [2.24, 2.45) is 0 Å². The molecule has 5 heteroatoms. The first kappa shape index (κ1) is 12.2. The van der Waals surface area contributed by atoms with Gasteiger partial charge in [0.15, 0.2) is 5.69 Å². The number of hydrogen-bond acceptors (Lipinski definition) is 2. The maximum absolute atomic E-state index is 12.2. The second-order valence-electron chi connectivity index (χ2n) is 4.70. The topological polar surface area (TPSA) is 57.8 Å². The average Bonchev–Trinajstić information content (AvgIpc) is 2.82. The Morgan fingerprint density at radius 3 is 3.00 bits per heavy atom. The molecule has 0 saturated carbocycles. The van der Waals surface area contributed by atoms with Crippen molar-refractivity contribution in [1.82, 2.24) is 10.2 Å². The molecule has 1 aliphatic carbocycles. The fourth-order valence-electron chi connectivity index (χ4n) is 2.43. The molecule has 1 aromatic heterocycles. The highest BCUT2D eigenvalue weighted by Gasteiger charge is 2.21. The van der Waals surface area contributed by atoms with E-state index in [1.54, 1.807) is 18.2 Å². The number of H-pyrrole nitrogens is 1. The van der Waals surface area contributed by atoms with Crippen molar-refractivity contribution in [3.63, 3.8) is 0 Å². The number of aromatic amines is 1. The summed E-state index contributed by atoms with van der Waals surface area (Å²) in [5.41, 5.74) is 3.35. The Balaban J connectivity index is 1.83. The molecule has 4 nitrogen and oxygen atoms in total. The smallest absolute Gasteiger partial charge is 0.276 e. The van der Waals surface area contributed by atoms with Crippen LogP contribution in [0.15, 0.2) is 24.3 Å². The molecule has 1 aromatic carbocycles. The molecule has 0 saturated heterocycles. The van der Waals surface area contributed by atoms with E-state index in [1.807, 2.05) is 6.07 Å². The van der Waals surface area contributed by atoms with E-state index in [4.69, 9.17) is 11.6 Å². The van der Waals surface area contributed by atoms with Crippen molar-refractivity contribution >= 4 is 23.2 Å². The minimum atomic E-state index is -0.179. The molecule has 1 heterocycles. The molecule has 0 atom stereocenters. The lowest BCUT2D eigenvalue weighted by atomic mass is 9.96. The van der Waals surface area contributed by atoms with Crippen LogP contribution in [0.2, 0.25) is 5.02 Å². The van der Waals surface area contributed by atoms with Gasteiger partial charge in [-0.2, -0.15) is 5.10 Å². The van der Waals surface area contributed by atoms with Gasteiger partial charge in [-0.05, 0) is 43.9 Å². The summed E-state index contributed by atoms with van der Waals surface area (Å²) in [6.45, 7) is 0. The maximum atomic E-state index is 12.2. The Labute approximate surface area is 116 Å². The molecule has 0 unspecified atom stereocenters. The normalized spacial score (nSPS) is 13.9. The standard InChI is InChI=1S/C14H14ClN3O/c15-9-4-3-5-10(8-9)16-14(19)13-11-6-1-2-7-12(11)17-18-13/h3-5,8H,1-2,6-7H2,(H,16,19)(H,17,18). The zero-order valence-corrected chi connectivity index (χ0v) is 11.1. The van der Waals surface area contributed by atoms with Crippen molar-refractivity contribution in [3.8, 4) is 0 Å². The number of carbonyl (C=O) groups is 1. The number of nitrogens with zero attached hydrogens (tertiary/aromatic N) is 1. The Morgan fingerprint density at radius 2 is 2.16 bits per heavy atom. The number of benzene rings is 1. The van der Waals surface area contributed by atoms with Gasteiger partial charge in [0.1, 0.15) is 0 Å². The van der Waals surface area contributed by atoms with Crippen molar-refractivity contribution in [2.75, 3.05) is 5.32 Å². The second kappa shape index (κ2) is 5.05. The van der Waals surface area contributed by atoms with Crippen LogP contribution in [-0.4, -0.2) is 16.1 Å². The van der Waals surface area contributed by atoms with E-state index in [2.05, 4.69) is 15.5 Å². The number of anilines is 1. The van der Waals surface area contributed by atoms with Crippen molar-refractivity contribution < 1.29 is 4.79 Å². The molecular formula is C14H14ClN3O. The average molecular weight is 276 g/mol. The van der Waals surface area contributed by atoms with Gasteiger partial charge in [0.2, 0.25) is 0 Å². The highest BCUT2D eigenvalue weighted by atomic mass is 35.5. The van der Waals surface area contributed by atoms with Gasteiger partial charge in [0, 0.05) is 22.0 Å². The monoisotopic (exact) mass is 275 g/mol. The Kier molecular flexibility index (Phi) is 3.25. The summed E-state index contributed by atoms with van der Waals surface area (Å²) in [7, 11) is 0. The van der Waals surface area contributed by atoms with E-state index in [-0.39, 0.29) is 5.91 Å². The molecule has 2 aromatic rings. The van der Waals surface area contributed by atoms with E-state index in [0.29, 0.717) is 16.4 Å². The number of nitrogens with one attached hydrogen (secondary N) is 2. The molecule has 19 heavy (non-hydrogen) atoms. The lowest BCUT2D eigenvalue weighted by Gasteiger charge is -2.11. The fourth-order valence-corrected chi connectivity index (χ4v) is 2.62. The van der Waals surface area contributed by atoms with Gasteiger partial charge in [0.05, 0.1) is 0 Å². The van der Waals surface area contributed by atoms with Crippen molar-refractivity contribution in [1.29, 1.82) is 0 Å². The van der Waals surface area contributed by atoms with Crippen LogP contribution in [0, 0.1) is 0 Å². The number of aryl methyl sites for hydroxylation is 1. The third kappa shape index (κ3) is 2.49. The molecule has 0 aliphatic heterocycles. The van der Waals surface area contributed by atoms with Crippen LogP contribution in [0.25, 0.3) is 0 Å². The molecule has 0 bridgehead atoms. The van der Waals surface area contributed by atoms with Crippen LogP contribution in [0.4, 0.5) is 5.69 Å². The maximum Gasteiger partial charge on any atom is 0.276 e. The van der Waals surface area contributed by atoms with Crippen molar-refractivity contribution in [3.05, 3.63) is 46.2 Å². The van der Waals surface area contributed by atoms with Gasteiger partial charge in [-0.25, -0.2) is 0 Å². The van der Waals surface area contributed by atoms with Gasteiger partial charge < -0.3 is 5.32 Å². The Hall–Kier alpha value is -1.81. The van der Waals surface area contributed by atoms with E-state index in [1.165, 1.54) is 0 Å². The van der Waals surface area contributed by atoms with Gasteiger partial charge in [-0.15, -0.1) is 0 Å². The highest BCUT2D eigenvalue weighted by molar-refractivity contribution is 6.30. The van der Waals surface area contributed by atoms with E-state index >= 15 is 0 Å². The molecular weight excluding hydrogens is 262 g/mol. The molecule has 1 amide bonds. The minimum Gasteiger partial charge on any atom is -0.321 e. The highest BCUT2D eigenvalue weighted by Crippen LogP contribution is 2.23. The predicted octanol–water partition coefficient (Wildman–Crippen LogP) is 3.19. The van der Waals surface area contributed by atoms with E-state index in [0.717, 1.165) is 36.9 Å². The Morgan fingerprint density at radius 1 is 1.32 bits per heavy atom. The summed E-state index contributed by atoms with van der Waals surface area (Å²) in [5, 5.41) is 10.5. The summed E-state index contributed by atoms with van der Waals surface area (Å²) in [6, 6.07) is 7.10. The summed E-state index contributed by atoms with van der Waals surface area (Å²) >= 11 is 5.90. The molecule has 0 fully saturated rings. The minimum absolute atomic E-state index is 0.179. The first-order valence-corrected chi connectivity index (χ1v) is 6.75. The van der Waals surface area contributed by atoms with Crippen LogP contribution >= 0.6 is 11.6 Å². The van der Waals surface area contributed by atoms with Gasteiger partial charge >= 0.3 is 0 Å². The van der Waals surface area contributed by atoms with Crippen LogP contribution in [0.1, 0.15) is 34.6 Å². The van der Waals surface area contributed by atoms with Gasteiger partial charge in [0.25, 0.3) is 5.91 Å². The van der Waals surface area contributed by atoms with E-state index in [9.17, 15) is 4.79 Å². The van der Waals surface area contributed by atoms with Gasteiger partial charge in [-0.3, -0.25) is 9.89 Å². The number of hydrogen-bond donors (Lipinski definition) is 2. The number of aromatic nitrogens is 2. The van der Waals surface area contributed by atoms with Crippen LogP contribution in [-0.2, 0) is 12.8 Å². The van der Waals surface area contributed by atoms with Crippen LogP contribution < -0.4 is 5.32 Å². The molecule has 2 N–H and O–H groups in total. The van der Waals surface area contributed by atoms with Crippen LogP contribution in [0.5, 0.6) is 0 Å². The third-order valence-electron chi connectivity index (χ3n) is 3.35.